The first-order valence-electron chi connectivity index (χ1n) is 9.88. The Morgan fingerprint density at radius 1 is 1.23 bits per heavy atom. The molecule has 0 aliphatic carbocycles. The first-order valence-corrected chi connectivity index (χ1v) is 9.88. The Morgan fingerprint density at radius 2 is 2.00 bits per heavy atom. The molecule has 0 unspecified atom stereocenters. The van der Waals surface area contributed by atoms with E-state index < -0.39 is 0 Å². The molecule has 0 saturated carbocycles. The fraction of sp³-hybridized carbons (Fsp3) is 0.286. The van der Waals surface area contributed by atoms with Crippen LogP contribution in [0, 0.1) is 5.82 Å². The fourth-order valence-corrected chi connectivity index (χ4v) is 3.52. The third kappa shape index (κ3) is 4.75. The van der Waals surface area contributed by atoms with E-state index in [1.807, 2.05) is 18.2 Å². The SMILES string of the molecule is Bc1ccc2nc(Nc3cc(CN4CCOCC4)cc(NC(C)=O)c3)ncc2c1F. The second-order valence-corrected chi connectivity index (χ2v) is 7.44. The number of hydrogen-bond acceptors (Lipinski definition) is 6. The van der Waals surface area contributed by atoms with Gasteiger partial charge in [-0.15, -0.1) is 0 Å². The summed E-state index contributed by atoms with van der Waals surface area (Å²) in [6.07, 6.45) is 1.49. The number of carbonyl (C=O) groups is 1. The van der Waals surface area contributed by atoms with Gasteiger partial charge in [-0.05, 0) is 29.8 Å². The van der Waals surface area contributed by atoms with Crippen LogP contribution in [0.15, 0.2) is 36.5 Å². The van der Waals surface area contributed by atoms with Gasteiger partial charge in [0.05, 0.1) is 24.1 Å². The van der Waals surface area contributed by atoms with Crippen molar-refractivity contribution in [1.82, 2.24) is 14.9 Å². The van der Waals surface area contributed by atoms with Crippen LogP contribution in [0.3, 0.4) is 0 Å². The van der Waals surface area contributed by atoms with Gasteiger partial charge in [-0.2, -0.15) is 0 Å². The van der Waals surface area contributed by atoms with E-state index in [0.717, 1.165) is 44.1 Å². The quantitative estimate of drug-likeness (QED) is 0.626. The van der Waals surface area contributed by atoms with Gasteiger partial charge in [0, 0.05) is 44.1 Å². The van der Waals surface area contributed by atoms with Crippen LogP contribution in [0.2, 0.25) is 0 Å². The molecule has 0 atom stereocenters. The number of fused-ring (bicyclic) bond motifs is 1. The summed E-state index contributed by atoms with van der Waals surface area (Å²) >= 11 is 0. The molecule has 2 N–H and O–H groups in total. The molecule has 154 valence electrons. The zero-order chi connectivity index (χ0) is 21.1. The summed E-state index contributed by atoms with van der Waals surface area (Å²) in [5.41, 5.74) is 3.58. The molecular formula is C21H23BFN5O2. The predicted octanol–water partition coefficient (Wildman–Crippen LogP) is 1.56. The molecule has 2 aromatic carbocycles. The van der Waals surface area contributed by atoms with E-state index in [0.29, 0.717) is 28.0 Å². The topological polar surface area (TPSA) is 79.4 Å². The van der Waals surface area contributed by atoms with Gasteiger partial charge in [-0.3, -0.25) is 9.69 Å². The first-order chi connectivity index (χ1) is 14.5. The summed E-state index contributed by atoms with van der Waals surface area (Å²) in [7, 11) is 1.71. The zero-order valence-corrected chi connectivity index (χ0v) is 17.0. The second-order valence-electron chi connectivity index (χ2n) is 7.44. The summed E-state index contributed by atoms with van der Waals surface area (Å²) in [6, 6.07) is 9.27. The molecule has 0 radical (unpaired) electrons. The minimum Gasteiger partial charge on any atom is -0.379 e. The Morgan fingerprint density at radius 3 is 2.77 bits per heavy atom. The summed E-state index contributed by atoms with van der Waals surface area (Å²) in [5.74, 6) is -0.0835. The van der Waals surface area contributed by atoms with Crippen molar-refractivity contribution in [2.45, 2.75) is 13.5 Å². The molecule has 4 rings (SSSR count). The summed E-state index contributed by atoms with van der Waals surface area (Å²) in [4.78, 5) is 22.6. The van der Waals surface area contributed by atoms with Gasteiger partial charge >= 0.3 is 0 Å². The van der Waals surface area contributed by atoms with Crippen LogP contribution >= 0.6 is 0 Å². The molecule has 1 fully saturated rings. The monoisotopic (exact) mass is 407 g/mol. The number of nitrogens with zero attached hydrogens (tertiary/aromatic N) is 3. The number of benzene rings is 2. The lowest BCUT2D eigenvalue weighted by Gasteiger charge is -2.27. The fourth-order valence-electron chi connectivity index (χ4n) is 3.52. The minimum atomic E-state index is -0.306. The molecule has 1 aromatic heterocycles. The van der Waals surface area contributed by atoms with Gasteiger partial charge in [-0.1, -0.05) is 11.5 Å². The molecule has 2 heterocycles. The van der Waals surface area contributed by atoms with Crippen molar-refractivity contribution in [3.05, 3.63) is 47.9 Å². The van der Waals surface area contributed by atoms with Crippen LogP contribution < -0.4 is 16.1 Å². The van der Waals surface area contributed by atoms with Crippen molar-refractivity contribution in [1.29, 1.82) is 0 Å². The van der Waals surface area contributed by atoms with Crippen molar-refractivity contribution in [3.63, 3.8) is 0 Å². The number of hydrogen-bond donors (Lipinski definition) is 2. The first kappa shape index (κ1) is 20.2. The molecule has 1 saturated heterocycles. The molecule has 1 aliphatic heterocycles. The normalized spacial score (nSPS) is 14.6. The van der Waals surface area contributed by atoms with Crippen LogP contribution in [0.4, 0.5) is 21.7 Å². The summed E-state index contributed by atoms with van der Waals surface area (Å²) in [5, 5.41) is 6.41. The van der Waals surface area contributed by atoms with E-state index in [1.165, 1.54) is 13.1 Å². The maximum Gasteiger partial charge on any atom is 0.227 e. The van der Waals surface area contributed by atoms with Gasteiger partial charge in [0.15, 0.2) is 0 Å². The van der Waals surface area contributed by atoms with E-state index >= 15 is 0 Å². The number of nitrogens with one attached hydrogen (secondary N) is 2. The van der Waals surface area contributed by atoms with Crippen LogP contribution in [0.1, 0.15) is 12.5 Å². The molecule has 1 amide bonds. The average molecular weight is 407 g/mol. The minimum absolute atomic E-state index is 0.141. The Hall–Kier alpha value is -3.04. The van der Waals surface area contributed by atoms with Gasteiger partial charge in [0.25, 0.3) is 0 Å². The van der Waals surface area contributed by atoms with Crippen molar-refractivity contribution in [2.24, 2.45) is 0 Å². The maximum absolute atomic E-state index is 14.3. The second kappa shape index (κ2) is 8.77. The number of halogens is 1. The molecule has 3 aromatic rings. The molecule has 0 bridgehead atoms. The lowest BCUT2D eigenvalue weighted by atomic mass is 9.94. The van der Waals surface area contributed by atoms with Crippen LogP contribution in [0.25, 0.3) is 10.9 Å². The zero-order valence-electron chi connectivity index (χ0n) is 17.0. The van der Waals surface area contributed by atoms with E-state index in [2.05, 4.69) is 25.5 Å². The summed E-state index contributed by atoms with van der Waals surface area (Å²) in [6.45, 7) is 5.39. The van der Waals surface area contributed by atoms with Crippen molar-refractivity contribution >= 4 is 47.4 Å². The molecule has 1 aliphatic rings. The lowest BCUT2D eigenvalue weighted by Crippen LogP contribution is -2.35. The third-order valence-electron chi connectivity index (χ3n) is 4.97. The highest BCUT2D eigenvalue weighted by Gasteiger charge is 2.13. The largest absolute Gasteiger partial charge is 0.379 e. The van der Waals surface area contributed by atoms with Crippen molar-refractivity contribution < 1.29 is 13.9 Å². The van der Waals surface area contributed by atoms with E-state index in [9.17, 15) is 9.18 Å². The smallest absolute Gasteiger partial charge is 0.227 e. The Kier molecular flexibility index (Phi) is 5.92. The Bertz CT molecular complexity index is 1090. The van der Waals surface area contributed by atoms with E-state index in [-0.39, 0.29) is 11.7 Å². The van der Waals surface area contributed by atoms with Gasteiger partial charge in [0.1, 0.15) is 13.7 Å². The van der Waals surface area contributed by atoms with Crippen LogP contribution in [0.5, 0.6) is 0 Å². The highest BCUT2D eigenvalue weighted by Crippen LogP contribution is 2.24. The van der Waals surface area contributed by atoms with Gasteiger partial charge < -0.3 is 15.4 Å². The Labute approximate surface area is 175 Å². The molecule has 9 heteroatoms. The average Bonchev–Trinajstić information content (AvgIpc) is 2.71. The highest BCUT2D eigenvalue weighted by molar-refractivity contribution is 6.33. The lowest BCUT2D eigenvalue weighted by molar-refractivity contribution is -0.114. The van der Waals surface area contributed by atoms with Crippen LogP contribution in [-0.2, 0) is 16.1 Å². The highest BCUT2D eigenvalue weighted by atomic mass is 19.1. The number of rotatable bonds is 5. The van der Waals surface area contributed by atoms with Crippen molar-refractivity contribution in [2.75, 3.05) is 36.9 Å². The molecule has 30 heavy (non-hydrogen) atoms. The number of carbonyl (C=O) groups excluding carboxylic acids is 1. The number of ether oxygens (including phenoxy) is 1. The van der Waals surface area contributed by atoms with E-state index in [4.69, 9.17) is 4.74 Å². The van der Waals surface area contributed by atoms with Crippen LogP contribution in [-0.4, -0.2) is 54.9 Å². The molecule has 0 spiro atoms. The predicted molar refractivity (Wildman–Crippen MR) is 118 cm³/mol. The number of aromatic nitrogens is 2. The Balaban J connectivity index is 1.61. The number of morpholine rings is 1. The maximum atomic E-state index is 14.3. The van der Waals surface area contributed by atoms with Gasteiger partial charge in [-0.25, -0.2) is 14.4 Å². The van der Waals surface area contributed by atoms with Crippen molar-refractivity contribution in [3.8, 4) is 0 Å². The molecular weight excluding hydrogens is 384 g/mol. The summed E-state index contributed by atoms with van der Waals surface area (Å²) < 4.78 is 19.7. The molecule has 7 nitrogen and oxygen atoms in total. The number of amides is 1. The number of anilines is 3. The van der Waals surface area contributed by atoms with Gasteiger partial charge in [0.2, 0.25) is 11.9 Å². The van der Waals surface area contributed by atoms with E-state index in [1.54, 1.807) is 20.0 Å². The standard InChI is InChI=1S/C21H23BFN5O2/c1-13(29)25-15-8-14(12-28-4-6-30-7-5-28)9-16(10-15)26-21-24-11-17-19(27-21)3-2-18(22)20(17)23/h2-3,8-11H,4-7,12,22H2,1H3,(H,25,29)(H,24,26,27). The third-order valence-corrected chi connectivity index (χ3v) is 4.97.